The molecule has 0 spiro atoms. The summed E-state index contributed by atoms with van der Waals surface area (Å²) in [4.78, 5) is 11.8. The molecule has 0 saturated heterocycles. The standard InChI is InChI=1S/C8H8ClNOS/c1-10-8(11)12-7-4-2-6(9)3-5-7/h2-5H,1H3,(H,10,11). The lowest BCUT2D eigenvalue weighted by Crippen LogP contribution is -2.10. The van der Waals surface area contributed by atoms with E-state index in [1.165, 1.54) is 0 Å². The van der Waals surface area contributed by atoms with Crippen molar-refractivity contribution in [3.8, 4) is 0 Å². The van der Waals surface area contributed by atoms with Gasteiger partial charge in [0.1, 0.15) is 0 Å². The van der Waals surface area contributed by atoms with E-state index < -0.39 is 0 Å². The highest BCUT2D eigenvalue weighted by Gasteiger charge is 2.00. The summed E-state index contributed by atoms with van der Waals surface area (Å²) < 4.78 is 0. The Morgan fingerprint density at radius 2 is 2.00 bits per heavy atom. The molecule has 1 amide bonds. The molecule has 1 rings (SSSR count). The average molecular weight is 202 g/mol. The third-order valence-corrected chi connectivity index (χ3v) is 2.38. The molecule has 0 aliphatic carbocycles. The summed E-state index contributed by atoms with van der Waals surface area (Å²) in [6.07, 6.45) is 0. The summed E-state index contributed by atoms with van der Waals surface area (Å²) in [5.74, 6) is 0. The Kier molecular flexibility index (Phi) is 3.44. The summed E-state index contributed by atoms with van der Waals surface area (Å²) in [6, 6.07) is 7.13. The van der Waals surface area contributed by atoms with Gasteiger partial charge in [-0.15, -0.1) is 0 Å². The fourth-order valence-electron chi connectivity index (χ4n) is 0.661. The lowest BCUT2D eigenvalue weighted by Gasteiger charge is -1.98. The molecule has 0 bridgehead atoms. The van der Waals surface area contributed by atoms with E-state index in [-0.39, 0.29) is 5.24 Å². The minimum Gasteiger partial charge on any atom is -0.350 e. The number of carbonyl (C=O) groups excluding carboxylic acids is 1. The van der Waals surface area contributed by atoms with Gasteiger partial charge in [-0.25, -0.2) is 0 Å². The molecule has 0 unspecified atom stereocenters. The van der Waals surface area contributed by atoms with Crippen LogP contribution < -0.4 is 5.32 Å². The molecule has 0 radical (unpaired) electrons. The van der Waals surface area contributed by atoms with Crippen molar-refractivity contribution in [3.05, 3.63) is 29.3 Å². The van der Waals surface area contributed by atoms with Crippen LogP contribution in [0.3, 0.4) is 0 Å². The summed E-state index contributed by atoms with van der Waals surface area (Å²) in [7, 11) is 1.60. The number of benzene rings is 1. The summed E-state index contributed by atoms with van der Waals surface area (Å²) in [5, 5.41) is 3.12. The third-order valence-electron chi connectivity index (χ3n) is 1.23. The molecule has 2 nitrogen and oxygen atoms in total. The van der Waals surface area contributed by atoms with Gasteiger partial charge in [0.2, 0.25) is 0 Å². The highest BCUT2D eigenvalue weighted by molar-refractivity contribution is 8.13. The molecule has 12 heavy (non-hydrogen) atoms. The van der Waals surface area contributed by atoms with E-state index in [9.17, 15) is 4.79 Å². The van der Waals surface area contributed by atoms with Crippen molar-refractivity contribution in [1.29, 1.82) is 0 Å². The molecule has 0 atom stereocenters. The van der Waals surface area contributed by atoms with Crippen molar-refractivity contribution in [2.24, 2.45) is 0 Å². The SMILES string of the molecule is CNC(=O)Sc1ccc(Cl)cc1. The molecular formula is C8H8ClNOS. The first-order chi connectivity index (χ1) is 5.72. The van der Waals surface area contributed by atoms with Crippen LogP contribution in [0.15, 0.2) is 29.2 Å². The average Bonchev–Trinajstić information content (AvgIpc) is 2.09. The van der Waals surface area contributed by atoms with Crippen LogP contribution in [0.5, 0.6) is 0 Å². The Labute approximate surface area is 80.3 Å². The Balaban J connectivity index is 2.64. The number of hydrogen-bond acceptors (Lipinski definition) is 2. The summed E-state index contributed by atoms with van der Waals surface area (Å²) >= 11 is 6.82. The zero-order valence-electron chi connectivity index (χ0n) is 6.50. The number of amides is 1. The lowest BCUT2D eigenvalue weighted by molar-refractivity contribution is 0.262. The van der Waals surface area contributed by atoms with Crippen molar-refractivity contribution < 1.29 is 4.79 Å². The normalized spacial score (nSPS) is 9.50. The fourth-order valence-corrected chi connectivity index (χ4v) is 1.37. The van der Waals surface area contributed by atoms with Crippen LogP contribution in [0.1, 0.15) is 0 Å². The minimum atomic E-state index is -0.0719. The van der Waals surface area contributed by atoms with E-state index in [4.69, 9.17) is 11.6 Å². The molecule has 0 aromatic heterocycles. The lowest BCUT2D eigenvalue weighted by atomic mass is 10.4. The van der Waals surface area contributed by atoms with Gasteiger partial charge in [-0.05, 0) is 36.0 Å². The summed E-state index contributed by atoms with van der Waals surface area (Å²) in [5.41, 5.74) is 0. The first-order valence-corrected chi connectivity index (χ1v) is 4.57. The van der Waals surface area contributed by atoms with Gasteiger partial charge in [-0.2, -0.15) is 0 Å². The fraction of sp³-hybridized carbons (Fsp3) is 0.125. The van der Waals surface area contributed by atoms with Crippen molar-refractivity contribution in [2.45, 2.75) is 4.90 Å². The van der Waals surface area contributed by atoms with E-state index in [2.05, 4.69) is 5.32 Å². The molecule has 0 saturated carbocycles. The van der Waals surface area contributed by atoms with Gasteiger partial charge < -0.3 is 5.32 Å². The molecule has 0 fully saturated rings. The quantitative estimate of drug-likeness (QED) is 0.708. The molecule has 0 heterocycles. The maximum Gasteiger partial charge on any atom is 0.283 e. The summed E-state index contributed by atoms with van der Waals surface area (Å²) in [6.45, 7) is 0. The molecule has 0 aliphatic rings. The van der Waals surface area contributed by atoms with Crippen LogP contribution in [0.2, 0.25) is 5.02 Å². The van der Waals surface area contributed by atoms with E-state index in [1.54, 1.807) is 19.2 Å². The van der Waals surface area contributed by atoms with Crippen LogP contribution >= 0.6 is 23.4 Å². The van der Waals surface area contributed by atoms with Crippen molar-refractivity contribution in [3.63, 3.8) is 0 Å². The van der Waals surface area contributed by atoms with E-state index in [1.807, 2.05) is 12.1 Å². The molecule has 1 N–H and O–H groups in total. The molecular weight excluding hydrogens is 194 g/mol. The van der Waals surface area contributed by atoms with Gasteiger partial charge in [0.25, 0.3) is 5.24 Å². The molecule has 0 aliphatic heterocycles. The largest absolute Gasteiger partial charge is 0.350 e. The number of thioether (sulfide) groups is 1. The maximum atomic E-state index is 10.9. The minimum absolute atomic E-state index is 0.0719. The Morgan fingerprint density at radius 1 is 1.42 bits per heavy atom. The smallest absolute Gasteiger partial charge is 0.283 e. The number of hydrogen-bond donors (Lipinski definition) is 1. The number of rotatable bonds is 1. The Morgan fingerprint density at radius 3 is 2.50 bits per heavy atom. The van der Waals surface area contributed by atoms with Gasteiger partial charge in [0, 0.05) is 17.0 Å². The second kappa shape index (κ2) is 4.38. The topological polar surface area (TPSA) is 29.1 Å². The van der Waals surface area contributed by atoms with Crippen LogP contribution in [-0.2, 0) is 0 Å². The first kappa shape index (κ1) is 9.42. The predicted molar refractivity (Wildman–Crippen MR) is 51.8 cm³/mol. The maximum absolute atomic E-state index is 10.9. The second-order valence-electron chi connectivity index (χ2n) is 2.09. The van der Waals surface area contributed by atoms with E-state index in [0.29, 0.717) is 5.02 Å². The van der Waals surface area contributed by atoms with Crippen molar-refractivity contribution in [1.82, 2.24) is 5.32 Å². The second-order valence-corrected chi connectivity index (χ2v) is 3.58. The molecule has 1 aromatic carbocycles. The zero-order chi connectivity index (χ0) is 8.97. The highest BCUT2D eigenvalue weighted by Crippen LogP contribution is 2.20. The number of carbonyl (C=O) groups is 1. The van der Waals surface area contributed by atoms with Crippen molar-refractivity contribution in [2.75, 3.05) is 7.05 Å². The third kappa shape index (κ3) is 2.75. The Hall–Kier alpha value is -0.670. The van der Waals surface area contributed by atoms with E-state index in [0.717, 1.165) is 16.7 Å². The first-order valence-electron chi connectivity index (χ1n) is 3.37. The van der Waals surface area contributed by atoms with Crippen LogP contribution in [0, 0.1) is 0 Å². The van der Waals surface area contributed by atoms with Gasteiger partial charge in [0.05, 0.1) is 0 Å². The number of halogens is 1. The van der Waals surface area contributed by atoms with Crippen LogP contribution in [0.4, 0.5) is 4.79 Å². The van der Waals surface area contributed by atoms with Crippen LogP contribution in [0.25, 0.3) is 0 Å². The van der Waals surface area contributed by atoms with E-state index >= 15 is 0 Å². The monoisotopic (exact) mass is 201 g/mol. The molecule has 4 heteroatoms. The molecule has 1 aromatic rings. The predicted octanol–water partition coefficient (Wildman–Crippen LogP) is 2.77. The number of nitrogens with one attached hydrogen (secondary N) is 1. The van der Waals surface area contributed by atoms with Gasteiger partial charge in [-0.1, -0.05) is 11.6 Å². The van der Waals surface area contributed by atoms with Gasteiger partial charge >= 0.3 is 0 Å². The van der Waals surface area contributed by atoms with Crippen LogP contribution in [-0.4, -0.2) is 12.3 Å². The van der Waals surface area contributed by atoms with Crippen molar-refractivity contribution >= 4 is 28.6 Å². The molecule has 64 valence electrons. The van der Waals surface area contributed by atoms with Gasteiger partial charge in [-0.3, -0.25) is 4.79 Å². The zero-order valence-corrected chi connectivity index (χ0v) is 8.08. The Bertz CT molecular complexity index is 273. The highest BCUT2D eigenvalue weighted by atomic mass is 35.5. The van der Waals surface area contributed by atoms with Gasteiger partial charge in [0.15, 0.2) is 0 Å².